The van der Waals surface area contributed by atoms with Crippen molar-refractivity contribution in [2.75, 3.05) is 19.8 Å². The molecule has 0 unspecified atom stereocenters. The van der Waals surface area contributed by atoms with Crippen molar-refractivity contribution in [1.82, 2.24) is 5.32 Å². The molecule has 1 fully saturated rings. The van der Waals surface area contributed by atoms with E-state index in [0.717, 1.165) is 31.6 Å². The number of amides is 1. The summed E-state index contributed by atoms with van der Waals surface area (Å²) in [4.78, 5) is 12.4. The molecule has 1 heterocycles. The van der Waals surface area contributed by atoms with Crippen LogP contribution in [0.25, 0.3) is 6.08 Å². The van der Waals surface area contributed by atoms with E-state index in [0.29, 0.717) is 6.54 Å². The van der Waals surface area contributed by atoms with Gasteiger partial charge in [0.2, 0.25) is 5.91 Å². The first-order valence-corrected chi connectivity index (χ1v) is 10.1. The number of carbonyl (C=O) groups excluding carboxylic acids is 1. The normalized spacial score (nSPS) is 16.8. The van der Waals surface area contributed by atoms with E-state index < -0.39 is 0 Å². The summed E-state index contributed by atoms with van der Waals surface area (Å²) in [5.74, 6) is -0.0540. The maximum absolute atomic E-state index is 12.4. The number of hydrogen-bond acceptors (Lipinski definition) is 2. The Hall–Kier alpha value is -2.39. The average molecular weight is 378 g/mol. The molecule has 0 saturated carbocycles. The summed E-state index contributed by atoms with van der Waals surface area (Å²) in [6.07, 6.45) is 5.36. The van der Waals surface area contributed by atoms with E-state index >= 15 is 0 Å². The molecule has 1 N–H and O–H groups in total. The minimum Gasteiger partial charge on any atom is -0.381 e. The predicted molar refractivity (Wildman–Crippen MR) is 115 cm³/mol. The summed E-state index contributed by atoms with van der Waals surface area (Å²) < 4.78 is 5.57. The van der Waals surface area contributed by atoms with E-state index in [4.69, 9.17) is 4.74 Å². The van der Waals surface area contributed by atoms with Crippen molar-refractivity contribution in [2.45, 2.75) is 44.4 Å². The summed E-state index contributed by atoms with van der Waals surface area (Å²) >= 11 is 0. The molecule has 0 spiro atoms. The van der Waals surface area contributed by atoms with E-state index in [1.165, 1.54) is 11.1 Å². The fourth-order valence-electron chi connectivity index (χ4n) is 3.70. The van der Waals surface area contributed by atoms with Crippen molar-refractivity contribution in [3.05, 3.63) is 77.4 Å². The average Bonchev–Trinajstić information content (AvgIpc) is 2.72. The van der Waals surface area contributed by atoms with Gasteiger partial charge in [-0.25, -0.2) is 0 Å². The Morgan fingerprint density at radius 3 is 2.29 bits per heavy atom. The van der Waals surface area contributed by atoms with Gasteiger partial charge in [-0.3, -0.25) is 4.79 Å². The van der Waals surface area contributed by atoms with E-state index in [1.807, 2.05) is 12.1 Å². The van der Waals surface area contributed by atoms with Crippen LogP contribution >= 0.6 is 0 Å². The van der Waals surface area contributed by atoms with Crippen molar-refractivity contribution < 1.29 is 9.53 Å². The topological polar surface area (TPSA) is 38.3 Å². The fraction of sp³-hybridized carbons (Fsp3) is 0.400. The smallest absolute Gasteiger partial charge is 0.244 e. The molecule has 1 amide bonds. The lowest BCUT2D eigenvalue weighted by atomic mass is 9.74. The molecule has 2 aromatic rings. The van der Waals surface area contributed by atoms with Crippen molar-refractivity contribution in [1.29, 1.82) is 0 Å². The minimum atomic E-state index is -0.0540. The highest BCUT2D eigenvalue weighted by Gasteiger charge is 2.34. The quantitative estimate of drug-likeness (QED) is 0.756. The zero-order valence-electron chi connectivity index (χ0n) is 17.2. The molecule has 0 bridgehead atoms. The second-order valence-corrected chi connectivity index (χ2v) is 8.68. The number of rotatable bonds is 5. The van der Waals surface area contributed by atoms with E-state index in [2.05, 4.69) is 74.6 Å². The summed E-state index contributed by atoms with van der Waals surface area (Å²) in [5.41, 5.74) is 3.69. The van der Waals surface area contributed by atoms with Gasteiger partial charge in [-0.1, -0.05) is 75.4 Å². The Labute approximate surface area is 168 Å². The third-order valence-corrected chi connectivity index (χ3v) is 5.64. The van der Waals surface area contributed by atoms with Crippen molar-refractivity contribution >= 4 is 12.0 Å². The first-order chi connectivity index (χ1) is 13.4. The summed E-state index contributed by atoms with van der Waals surface area (Å²) in [5, 5.41) is 3.12. The minimum absolute atomic E-state index is 0.0443. The number of hydrogen-bond donors (Lipinski definition) is 1. The molecule has 28 heavy (non-hydrogen) atoms. The molecule has 3 rings (SSSR count). The summed E-state index contributed by atoms with van der Waals surface area (Å²) in [6.45, 7) is 8.70. The highest BCUT2D eigenvalue weighted by atomic mass is 16.5. The van der Waals surface area contributed by atoms with Crippen LogP contribution in [-0.4, -0.2) is 25.7 Å². The molecule has 1 saturated heterocycles. The third-order valence-electron chi connectivity index (χ3n) is 5.64. The molecular formula is C25H31NO2. The Bertz CT molecular complexity index is 795. The highest BCUT2D eigenvalue weighted by molar-refractivity contribution is 5.91. The molecule has 1 aliphatic rings. The molecule has 0 atom stereocenters. The van der Waals surface area contributed by atoms with Crippen LogP contribution in [0, 0.1) is 0 Å². The molecule has 3 heteroatoms. The van der Waals surface area contributed by atoms with Crippen LogP contribution in [0.1, 0.15) is 50.3 Å². The Morgan fingerprint density at radius 1 is 1.04 bits per heavy atom. The third kappa shape index (κ3) is 5.11. The van der Waals surface area contributed by atoms with Crippen LogP contribution in [0.2, 0.25) is 0 Å². The van der Waals surface area contributed by atoms with Crippen LogP contribution in [0.3, 0.4) is 0 Å². The zero-order chi connectivity index (χ0) is 20.0. The standard InChI is InChI=1S/C25H31NO2/c1-24(2,3)21-12-9-20(10-13-21)11-14-23(27)26-19-25(15-17-28-18-16-25)22-7-5-4-6-8-22/h4-14H,15-19H2,1-3H3,(H,26,27)/b14-11+. The summed E-state index contributed by atoms with van der Waals surface area (Å²) in [7, 11) is 0. The summed E-state index contributed by atoms with van der Waals surface area (Å²) in [6, 6.07) is 18.9. The van der Waals surface area contributed by atoms with Gasteiger partial charge in [-0.05, 0) is 41.0 Å². The van der Waals surface area contributed by atoms with Gasteiger partial charge in [-0.15, -0.1) is 0 Å². The van der Waals surface area contributed by atoms with Crippen LogP contribution in [0.4, 0.5) is 0 Å². The predicted octanol–water partition coefficient (Wildman–Crippen LogP) is 4.86. The zero-order valence-corrected chi connectivity index (χ0v) is 17.2. The molecule has 0 radical (unpaired) electrons. The second kappa shape index (κ2) is 8.74. The maximum Gasteiger partial charge on any atom is 0.244 e. The Kier molecular flexibility index (Phi) is 6.35. The van der Waals surface area contributed by atoms with Gasteiger partial charge in [0.25, 0.3) is 0 Å². The van der Waals surface area contributed by atoms with Gasteiger partial charge < -0.3 is 10.1 Å². The van der Waals surface area contributed by atoms with Gasteiger partial charge in [0.15, 0.2) is 0 Å². The fourth-order valence-corrected chi connectivity index (χ4v) is 3.70. The lowest BCUT2D eigenvalue weighted by molar-refractivity contribution is -0.116. The van der Waals surface area contributed by atoms with E-state index in [9.17, 15) is 4.79 Å². The lowest BCUT2D eigenvalue weighted by Crippen LogP contribution is -2.44. The molecule has 148 valence electrons. The van der Waals surface area contributed by atoms with Crippen LogP contribution < -0.4 is 5.32 Å². The molecular weight excluding hydrogens is 346 g/mol. The molecule has 2 aromatic carbocycles. The molecule has 1 aliphatic heterocycles. The van der Waals surface area contributed by atoms with Gasteiger partial charge in [-0.2, -0.15) is 0 Å². The first-order valence-electron chi connectivity index (χ1n) is 10.1. The van der Waals surface area contributed by atoms with Crippen LogP contribution in [0.5, 0.6) is 0 Å². The number of carbonyl (C=O) groups is 1. The van der Waals surface area contributed by atoms with Crippen LogP contribution in [0.15, 0.2) is 60.7 Å². The Balaban J connectivity index is 1.63. The number of benzene rings is 2. The monoisotopic (exact) mass is 377 g/mol. The van der Waals surface area contributed by atoms with Gasteiger partial charge in [0.1, 0.15) is 0 Å². The molecule has 0 aromatic heterocycles. The maximum atomic E-state index is 12.4. The van der Waals surface area contributed by atoms with E-state index in [1.54, 1.807) is 6.08 Å². The molecule has 0 aliphatic carbocycles. The number of ether oxygens (including phenoxy) is 1. The van der Waals surface area contributed by atoms with E-state index in [-0.39, 0.29) is 16.7 Å². The SMILES string of the molecule is CC(C)(C)c1ccc(/C=C/C(=O)NCC2(c3ccccc3)CCOCC2)cc1. The van der Waals surface area contributed by atoms with Crippen molar-refractivity contribution in [2.24, 2.45) is 0 Å². The number of nitrogens with one attached hydrogen (secondary N) is 1. The highest BCUT2D eigenvalue weighted by Crippen LogP contribution is 2.34. The van der Waals surface area contributed by atoms with Crippen LogP contribution in [-0.2, 0) is 20.4 Å². The first kappa shape index (κ1) is 20.3. The van der Waals surface area contributed by atoms with Gasteiger partial charge in [0.05, 0.1) is 0 Å². The second-order valence-electron chi connectivity index (χ2n) is 8.68. The lowest BCUT2D eigenvalue weighted by Gasteiger charge is -2.37. The van der Waals surface area contributed by atoms with Gasteiger partial charge in [0, 0.05) is 31.2 Å². The van der Waals surface area contributed by atoms with Gasteiger partial charge >= 0.3 is 0 Å². The molecule has 3 nitrogen and oxygen atoms in total. The largest absolute Gasteiger partial charge is 0.381 e. The van der Waals surface area contributed by atoms with Crippen molar-refractivity contribution in [3.63, 3.8) is 0 Å². The Morgan fingerprint density at radius 2 is 1.68 bits per heavy atom. The van der Waals surface area contributed by atoms with Crippen molar-refractivity contribution in [3.8, 4) is 0 Å².